The Labute approximate surface area is 118 Å². The van der Waals surface area contributed by atoms with Crippen molar-refractivity contribution < 1.29 is 0 Å². The molecule has 4 nitrogen and oxygen atoms in total. The van der Waals surface area contributed by atoms with Crippen LogP contribution in [0.4, 0.5) is 0 Å². The monoisotopic (exact) mass is 266 g/mol. The Bertz CT molecular complexity index is 368. The lowest BCUT2D eigenvalue weighted by Crippen LogP contribution is -2.20. The van der Waals surface area contributed by atoms with E-state index in [0.717, 1.165) is 45.4 Å². The van der Waals surface area contributed by atoms with Crippen molar-refractivity contribution in [2.45, 2.75) is 46.6 Å². The van der Waals surface area contributed by atoms with Crippen LogP contribution in [0.5, 0.6) is 0 Å². The van der Waals surface area contributed by atoms with E-state index in [4.69, 9.17) is 5.10 Å². The molecule has 1 aromatic heterocycles. The van der Waals surface area contributed by atoms with Gasteiger partial charge < -0.3 is 10.2 Å². The first-order valence-electron chi connectivity index (χ1n) is 7.56. The van der Waals surface area contributed by atoms with Crippen LogP contribution in [0.1, 0.15) is 37.7 Å². The molecule has 0 fully saturated rings. The zero-order valence-corrected chi connectivity index (χ0v) is 13.3. The van der Waals surface area contributed by atoms with E-state index in [2.05, 4.69) is 49.8 Å². The van der Waals surface area contributed by atoms with E-state index in [1.165, 1.54) is 17.0 Å². The first kappa shape index (κ1) is 16.2. The summed E-state index contributed by atoms with van der Waals surface area (Å²) in [6, 6.07) is 0. The minimum atomic E-state index is 0.990. The summed E-state index contributed by atoms with van der Waals surface area (Å²) < 4.78 is 2.22. The van der Waals surface area contributed by atoms with E-state index in [9.17, 15) is 0 Å². The highest BCUT2D eigenvalue weighted by atomic mass is 15.3. The van der Waals surface area contributed by atoms with Crippen LogP contribution in [0.3, 0.4) is 0 Å². The van der Waals surface area contributed by atoms with Crippen molar-refractivity contribution in [3.63, 3.8) is 0 Å². The molecule has 0 bridgehead atoms. The molecule has 0 saturated heterocycles. The fourth-order valence-corrected chi connectivity index (χ4v) is 2.43. The van der Waals surface area contributed by atoms with Crippen molar-refractivity contribution in [2.24, 2.45) is 0 Å². The predicted octanol–water partition coefficient (Wildman–Crippen LogP) is 1.72. The quantitative estimate of drug-likeness (QED) is 0.691. The topological polar surface area (TPSA) is 33.1 Å². The molecule has 0 aromatic carbocycles. The fraction of sp³-hybridized carbons (Fsp3) is 0.800. The number of rotatable bonds is 9. The van der Waals surface area contributed by atoms with Gasteiger partial charge in [-0.15, -0.1) is 0 Å². The predicted molar refractivity (Wildman–Crippen MR) is 81.8 cm³/mol. The molecule has 110 valence electrons. The third-order valence-electron chi connectivity index (χ3n) is 3.48. The summed E-state index contributed by atoms with van der Waals surface area (Å²) in [5.74, 6) is 0. The molecule has 0 aliphatic rings. The molecule has 0 spiro atoms. The Morgan fingerprint density at radius 2 is 1.89 bits per heavy atom. The highest BCUT2D eigenvalue weighted by molar-refractivity contribution is 5.27. The van der Waals surface area contributed by atoms with Crippen LogP contribution >= 0.6 is 0 Å². The van der Waals surface area contributed by atoms with Crippen LogP contribution in [0.15, 0.2) is 0 Å². The Hall–Kier alpha value is -0.870. The van der Waals surface area contributed by atoms with Crippen LogP contribution in [0, 0.1) is 0 Å². The molecule has 0 amide bonds. The lowest BCUT2D eigenvalue weighted by Gasteiger charge is -2.12. The number of aryl methyl sites for hydroxylation is 1. The molecule has 4 heteroatoms. The van der Waals surface area contributed by atoms with Crippen LogP contribution < -0.4 is 5.32 Å². The first-order chi connectivity index (χ1) is 9.13. The Kier molecular flexibility index (Phi) is 7.10. The van der Waals surface area contributed by atoms with Crippen LogP contribution in [0.2, 0.25) is 0 Å². The van der Waals surface area contributed by atoms with E-state index in [-0.39, 0.29) is 0 Å². The second-order valence-corrected chi connectivity index (χ2v) is 5.21. The van der Waals surface area contributed by atoms with Gasteiger partial charge in [0, 0.05) is 12.2 Å². The van der Waals surface area contributed by atoms with Gasteiger partial charge in [-0.1, -0.05) is 20.8 Å². The maximum Gasteiger partial charge on any atom is 0.0657 e. The Balaban J connectivity index is 2.86. The first-order valence-corrected chi connectivity index (χ1v) is 7.56. The van der Waals surface area contributed by atoms with Crippen molar-refractivity contribution in [3.05, 3.63) is 17.0 Å². The summed E-state index contributed by atoms with van der Waals surface area (Å²) in [4.78, 5) is 2.21. The van der Waals surface area contributed by atoms with E-state index in [1.807, 2.05) is 0 Å². The standard InChI is InChI=1S/C15H30N4/c1-6-14-13(9-10-16-8-3)15(7-2)19(17-14)12-11-18(4)5/h16H,6-12H2,1-5H3. The van der Waals surface area contributed by atoms with Gasteiger partial charge in [-0.3, -0.25) is 4.68 Å². The third kappa shape index (κ3) is 4.62. The van der Waals surface area contributed by atoms with Crippen molar-refractivity contribution in [1.82, 2.24) is 20.0 Å². The van der Waals surface area contributed by atoms with Crippen LogP contribution in [-0.2, 0) is 25.8 Å². The van der Waals surface area contributed by atoms with Gasteiger partial charge in [0.15, 0.2) is 0 Å². The molecule has 0 unspecified atom stereocenters. The molecule has 0 atom stereocenters. The summed E-state index contributed by atoms with van der Waals surface area (Å²) in [7, 11) is 4.23. The van der Waals surface area contributed by atoms with E-state index in [1.54, 1.807) is 0 Å². The number of likely N-dealkylation sites (N-methyl/N-ethyl adjacent to an activating group) is 2. The van der Waals surface area contributed by atoms with Crippen LogP contribution in [-0.4, -0.2) is 48.4 Å². The van der Waals surface area contributed by atoms with Gasteiger partial charge in [-0.2, -0.15) is 5.10 Å². The molecule has 0 aliphatic carbocycles. The van der Waals surface area contributed by atoms with Gasteiger partial charge in [-0.05, 0) is 52.0 Å². The summed E-state index contributed by atoms with van der Waals surface area (Å²) in [5, 5.41) is 8.23. The van der Waals surface area contributed by atoms with Gasteiger partial charge in [0.2, 0.25) is 0 Å². The average molecular weight is 266 g/mol. The molecule has 1 rings (SSSR count). The third-order valence-corrected chi connectivity index (χ3v) is 3.48. The van der Waals surface area contributed by atoms with Gasteiger partial charge in [-0.25, -0.2) is 0 Å². The van der Waals surface area contributed by atoms with Crippen molar-refractivity contribution in [2.75, 3.05) is 33.7 Å². The molecule has 19 heavy (non-hydrogen) atoms. The van der Waals surface area contributed by atoms with Crippen molar-refractivity contribution in [3.8, 4) is 0 Å². The smallest absolute Gasteiger partial charge is 0.0657 e. The minimum Gasteiger partial charge on any atom is -0.317 e. The minimum absolute atomic E-state index is 0.990. The van der Waals surface area contributed by atoms with E-state index < -0.39 is 0 Å². The maximum atomic E-state index is 4.81. The van der Waals surface area contributed by atoms with Crippen molar-refractivity contribution >= 4 is 0 Å². The number of nitrogens with one attached hydrogen (secondary N) is 1. The van der Waals surface area contributed by atoms with Gasteiger partial charge in [0.25, 0.3) is 0 Å². The SMILES string of the molecule is CCNCCc1c(CC)nn(CCN(C)C)c1CC. The van der Waals surface area contributed by atoms with Gasteiger partial charge in [0.1, 0.15) is 0 Å². The molecule has 0 aliphatic heterocycles. The van der Waals surface area contributed by atoms with E-state index in [0.29, 0.717) is 0 Å². The zero-order valence-electron chi connectivity index (χ0n) is 13.3. The number of aromatic nitrogens is 2. The molecular weight excluding hydrogens is 236 g/mol. The number of nitrogens with zero attached hydrogens (tertiary/aromatic N) is 3. The van der Waals surface area contributed by atoms with Crippen LogP contribution in [0.25, 0.3) is 0 Å². The summed E-state index contributed by atoms with van der Waals surface area (Å²) in [5.41, 5.74) is 4.19. The molecular formula is C15H30N4. The van der Waals surface area contributed by atoms with Gasteiger partial charge >= 0.3 is 0 Å². The molecule has 1 N–H and O–H groups in total. The highest BCUT2D eigenvalue weighted by Crippen LogP contribution is 2.17. The summed E-state index contributed by atoms with van der Waals surface area (Å²) in [6.45, 7) is 10.7. The molecule has 0 saturated carbocycles. The highest BCUT2D eigenvalue weighted by Gasteiger charge is 2.14. The maximum absolute atomic E-state index is 4.81. The number of hydrogen-bond acceptors (Lipinski definition) is 3. The van der Waals surface area contributed by atoms with Gasteiger partial charge in [0.05, 0.1) is 12.2 Å². The average Bonchev–Trinajstić information content (AvgIpc) is 2.73. The fourth-order valence-electron chi connectivity index (χ4n) is 2.43. The lowest BCUT2D eigenvalue weighted by atomic mass is 10.1. The summed E-state index contributed by atoms with van der Waals surface area (Å²) >= 11 is 0. The zero-order chi connectivity index (χ0) is 14.3. The molecule has 1 aromatic rings. The Morgan fingerprint density at radius 1 is 1.16 bits per heavy atom. The molecule has 0 radical (unpaired) electrons. The second-order valence-electron chi connectivity index (χ2n) is 5.21. The largest absolute Gasteiger partial charge is 0.317 e. The lowest BCUT2D eigenvalue weighted by molar-refractivity contribution is 0.369. The Morgan fingerprint density at radius 3 is 2.42 bits per heavy atom. The molecule has 1 heterocycles. The van der Waals surface area contributed by atoms with E-state index >= 15 is 0 Å². The second kappa shape index (κ2) is 8.33. The normalized spacial score (nSPS) is 11.5. The number of hydrogen-bond donors (Lipinski definition) is 1. The summed E-state index contributed by atoms with van der Waals surface area (Å²) in [6.07, 6.45) is 3.20. The van der Waals surface area contributed by atoms with Crippen molar-refractivity contribution in [1.29, 1.82) is 0 Å².